The fourth-order valence-electron chi connectivity index (χ4n) is 1.59. The number of nitrogen functional groups attached to an aromatic ring is 1. The van der Waals surface area contributed by atoms with Crippen LogP contribution in [0.1, 0.15) is 16.1 Å². The molecule has 17 heavy (non-hydrogen) atoms. The highest BCUT2D eigenvalue weighted by atomic mass is 19.4. The van der Waals surface area contributed by atoms with E-state index in [1.807, 2.05) is 0 Å². The number of nitrogens with two attached hydrogens (primary N) is 1. The first-order valence-corrected chi connectivity index (χ1v) is 4.65. The third-order valence-corrected chi connectivity index (χ3v) is 2.36. The minimum Gasteiger partial charge on any atom is -0.398 e. The van der Waals surface area contributed by atoms with Crippen molar-refractivity contribution in [2.75, 3.05) is 5.73 Å². The van der Waals surface area contributed by atoms with Gasteiger partial charge >= 0.3 is 6.18 Å². The van der Waals surface area contributed by atoms with E-state index >= 15 is 0 Å². The van der Waals surface area contributed by atoms with Crippen LogP contribution in [0.15, 0.2) is 24.3 Å². The molecule has 0 aliphatic rings. The minimum absolute atomic E-state index is 0.0809. The number of fused-ring (bicyclic) bond motifs is 1. The summed E-state index contributed by atoms with van der Waals surface area (Å²) in [6.45, 7) is 0. The molecule has 0 bridgehead atoms. The summed E-state index contributed by atoms with van der Waals surface area (Å²) in [6, 6.07) is 6.10. The Kier molecular flexibility index (Phi) is 2.49. The van der Waals surface area contributed by atoms with Crippen LogP contribution < -0.4 is 5.73 Å². The highest BCUT2D eigenvalue weighted by Gasteiger charge is 2.36. The molecule has 2 N–H and O–H groups in total. The molecule has 0 amide bonds. The SMILES string of the molecule is Nc1c(C=O)c(C(F)(F)F)nc2ccccc12. The van der Waals surface area contributed by atoms with Gasteiger partial charge in [-0.3, -0.25) is 4.79 Å². The maximum Gasteiger partial charge on any atom is 0.434 e. The molecule has 1 aromatic heterocycles. The van der Waals surface area contributed by atoms with E-state index < -0.39 is 17.4 Å². The van der Waals surface area contributed by atoms with E-state index in [1.165, 1.54) is 12.1 Å². The number of hydrogen-bond donors (Lipinski definition) is 1. The van der Waals surface area contributed by atoms with Crippen LogP contribution in [0, 0.1) is 0 Å². The predicted molar refractivity (Wildman–Crippen MR) is 56.5 cm³/mol. The van der Waals surface area contributed by atoms with Gasteiger partial charge in [-0.2, -0.15) is 13.2 Å². The van der Waals surface area contributed by atoms with Crippen molar-refractivity contribution < 1.29 is 18.0 Å². The first kappa shape index (κ1) is 11.4. The molecule has 2 rings (SSSR count). The Balaban J connectivity index is 2.90. The second-order valence-corrected chi connectivity index (χ2v) is 3.42. The topological polar surface area (TPSA) is 56.0 Å². The van der Waals surface area contributed by atoms with Crippen molar-refractivity contribution >= 4 is 22.9 Å². The van der Waals surface area contributed by atoms with Crippen LogP contribution in [0.2, 0.25) is 0 Å². The molecule has 0 unspecified atom stereocenters. The summed E-state index contributed by atoms with van der Waals surface area (Å²) in [5, 5.41) is 0.336. The fourth-order valence-corrected chi connectivity index (χ4v) is 1.59. The largest absolute Gasteiger partial charge is 0.434 e. The first-order valence-electron chi connectivity index (χ1n) is 4.65. The lowest BCUT2D eigenvalue weighted by molar-refractivity contribution is -0.141. The number of rotatable bonds is 1. The van der Waals surface area contributed by atoms with Gasteiger partial charge in [0.25, 0.3) is 0 Å². The van der Waals surface area contributed by atoms with Gasteiger partial charge in [-0.15, -0.1) is 0 Å². The normalized spacial score (nSPS) is 11.7. The molecule has 0 saturated heterocycles. The maximum atomic E-state index is 12.7. The van der Waals surface area contributed by atoms with Crippen molar-refractivity contribution in [2.24, 2.45) is 0 Å². The van der Waals surface area contributed by atoms with E-state index in [1.54, 1.807) is 12.1 Å². The molecule has 0 atom stereocenters. The van der Waals surface area contributed by atoms with Gasteiger partial charge < -0.3 is 5.73 Å². The van der Waals surface area contributed by atoms with Gasteiger partial charge in [0.1, 0.15) is 0 Å². The van der Waals surface area contributed by atoms with Crippen LogP contribution in [0.3, 0.4) is 0 Å². The predicted octanol–water partition coefficient (Wildman–Crippen LogP) is 2.65. The average molecular weight is 240 g/mol. The molecule has 0 fully saturated rings. The van der Waals surface area contributed by atoms with E-state index in [-0.39, 0.29) is 17.5 Å². The number of aldehydes is 1. The lowest BCUT2D eigenvalue weighted by Gasteiger charge is -2.12. The Hall–Kier alpha value is -2.11. The third-order valence-electron chi connectivity index (χ3n) is 2.36. The smallest absolute Gasteiger partial charge is 0.398 e. The van der Waals surface area contributed by atoms with Crippen LogP contribution in [0.25, 0.3) is 10.9 Å². The van der Waals surface area contributed by atoms with Crippen LogP contribution >= 0.6 is 0 Å². The average Bonchev–Trinajstić information content (AvgIpc) is 2.28. The second kappa shape index (κ2) is 3.73. The van der Waals surface area contributed by atoms with E-state index in [9.17, 15) is 18.0 Å². The van der Waals surface area contributed by atoms with Crippen molar-refractivity contribution in [3.05, 3.63) is 35.5 Å². The van der Waals surface area contributed by atoms with E-state index in [4.69, 9.17) is 5.73 Å². The fraction of sp³-hybridized carbons (Fsp3) is 0.0909. The molecule has 2 aromatic rings. The second-order valence-electron chi connectivity index (χ2n) is 3.42. The van der Waals surface area contributed by atoms with Crippen LogP contribution in [0.5, 0.6) is 0 Å². The monoisotopic (exact) mass is 240 g/mol. The molecule has 88 valence electrons. The van der Waals surface area contributed by atoms with E-state index in [0.717, 1.165) is 0 Å². The Morgan fingerprint density at radius 1 is 1.24 bits per heavy atom. The Bertz CT molecular complexity index is 593. The number of nitrogens with zero attached hydrogens (tertiary/aromatic N) is 1. The Labute approximate surface area is 94.1 Å². The maximum absolute atomic E-state index is 12.7. The third kappa shape index (κ3) is 1.82. The summed E-state index contributed by atoms with van der Waals surface area (Å²) >= 11 is 0. The highest BCUT2D eigenvalue weighted by molar-refractivity contribution is 6.00. The number of pyridine rings is 1. The molecular weight excluding hydrogens is 233 g/mol. The molecule has 0 aliphatic carbocycles. The number of halogens is 3. The highest BCUT2D eigenvalue weighted by Crippen LogP contribution is 2.35. The number of alkyl halides is 3. The molecule has 0 saturated carbocycles. The van der Waals surface area contributed by atoms with E-state index in [0.29, 0.717) is 5.39 Å². The van der Waals surface area contributed by atoms with Gasteiger partial charge in [0.05, 0.1) is 16.8 Å². The van der Waals surface area contributed by atoms with Gasteiger partial charge in [0, 0.05) is 5.39 Å². The van der Waals surface area contributed by atoms with Crippen molar-refractivity contribution in [1.82, 2.24) is 4.98 Å². The summed E-state index contributed by atoms with van der Waals surface area (Å²) in [7, 11) is 0. The van der Waals surface area contributed by atoms with Crippen LogP contribution in [-0.2, 0) is 6.18 Å². The molecule has 1 heterocycles. The summed E-state index contributed by atoms with van der Waals surface area (Å²) < 4.78 is 38.0. The molecule has 0 radical (unpaired) electrons. The summed E-state index contributed by atoms with van der Waals surface area (Å²) in [4.78, 5) is 14.2. The number of benzene rings is 1. The zero-order valence-corrected chi connectivity index (χ0v) is 8.45. The molecule has 0 spiro atoms. The zero-order valence-electron chi connectivity index (χ0n) is 8.45. The number of aromatic nitrogens is 1. The summed E-state index contributed by atoms with van der Waals surface area (Å²) in [6.07, 6.45) is -4.62. The molecule has 6 heteroatoms. The Morgan fingerprint density at radius 3 is 2.47 bits per heavy atom. The van der Waals surface area contributed by atoms with Crippen molar-refractivity contribution in [3.63, 3.8) is 0 Å². The van der Waals surface area contributed by atoms with Gasteiger partial charge in [0.15, 0.2) is 12.0 Å². The van der Waals surface area contributed by atoms with Crippen molar-refractivity contribution in [1.29, 1.82) is 0 Å². The molecule has 1 aromatic carbocycles. The standard InChI is InChI=1S/C11H7F3N2O/c12-11(13,14)10-7(5-17)9(15)6-3-1-2-4-8(6)16-10/h1-5H,(H2,15,16). The first-order chi connectivity index (χ1) is 7.95. The van der Waals surface area contributed by atoms with Gasteiger partial charge in [-0.25, -0.2) is 4.98 Å². The number of carbonyl (C=O) groups excluding carboxylic acids is 1. The summed E-state index contributed by atoms with van der Waals surface area (Å²) in [5.74, 6) is 0. The molecule has 3 nitrogen and oxygen atoms in total. The Morgan fingerprint density at radius 2 is 1.88 bits per heavy atom. The number of para-hydroxylation sites is 1. The quantitative estimate of drug-likeness (QED) is 0.779. The minimum atomic E-state index is -4.70. The van der Waals surface area contributed by atoms with Gasteiger partial charge in [0.2, 0.25) is 0 Å². The van der Waals surface area contributed by atoms with Gasteiger partial charge in [-0.05, 0) is 6.07 Å². The summed E-state index contributed by atoms with van der Waals surface area (Å²) in [5.41, 5.74) is 3.61. The van der Waals surface area contributed by atoms with E-state index in [2.05, 4.69) is 4.98 Å². The lowest BCUT2D eigenvalue weighted by atomic mass is 10.1. The van der Waals surface area contributed by atoms with Gasteiger partial charge in [-0.1, -0.05) is 18.2 Å². The van der Waals surface area contributed by atoms with Crippen molar-refractivity contribution in [2.45, 2.75) is 6.18 Å². The lowest BCUT2D eigenvalue weighted by Crippen LogP contribution is -2.14. The molecular formula is C11H7F3N2O. The van der Waals surface area contributed by atoms with Crippen molar-refractivity contribution in [3.8, 4) is 0 Å². The zero-order chi connectivity index (χ0) is 12.6. The van der Waals surface area contributed by atoms with Crippen LogP contribution in [0.4, 0.5) is 18.9 Å². The number of anilines is 1. The van der Waals surface area contributed by atoms with Crippen LogP contribution in [-0.4, -0.2) is 11.3 Å². The number of carbonyl (C=O) groups is 1. The molecule has 0 aliphatic heterocycles. The number of hydrogen-bond acceptors (Lipinski definition) is 3.